The van der Waals surface area contributed by atoms with Gasteiger partial charge in [0.05, 0.1) is 29.2 Å². The molecular weight excluding hydrogens is 481 g/mol. The highest BCUT2D eigenvalue weighted by Gasteiger charge is 2.35. The van der Waals surface area contributed by atoms with E-state index in [-0.39, 0.29) is 35.0 Å². The minimum Gasteiger partial charge on any atom is -0.493 e. The van der Waals surface area contributed by atoms with E-state index < -0.39 is 11.7 Å². The summed E-state index contributed by atoms with van der Waals surface area (Å²) in [4.78, 5) is 10.8. The smallest absolute Gasteiger partial charge is 0.419 e. The fraction of sp³-hybridized carbons (Fsp3) is 0.370. The Kier molecular flexibility index (Phi) is 7.71. The quantitative estimate of drug-likeness (QED) is 0.424. The first-order chi connectivity index (χ1) is 17.7. The van der Waals surface area contributed by atoms with Gasteiger partial charge in [0.1, 0.15) is 17.6 Å². The number of pyridine rings is 2. The van der Waals surface area contributed by atoms with E-state index in [1.165, 1.54) is 18.2 Å². The highest BCUT2D eigenvalue weighted by Crippen LogP contribution is 2.39. The number of piperidine rings is 1. The van der Waals surface area contributed by atoms with Crippen LogP contribution in [0, 0.1) is 24.2 Å². The Bertz CT molecular complexity index is 1280. The second-order valence-electron chi connectivity index (χ2n) is 9.15. The van der Waals surface area contributed by atoms with Crippen LogP contribution in [0.25, 0.3) is 11.3 Å². The average molecular weight is 511 g/mol. The fourth-order valence-corrected chi connectivity index (χ4v) is 4.46. The van der Waals surface area contributed by atoms with Crippen LogP contribution in [-0.4, -0.2) is 36.7 Å². The molecular formula is C27H29F3N6O. The second kappa shape index (κ2) is 10.9. The predicted molar refractivity (Wildman–Crippen MR) is 137 cm³/mol. The highest BCUT2D eigenvalue weighted by molar-refractivity contribution is 5.77. The first-order valence-electron chi connectivity index (χ1n) is 12.1. The Hall–Kier alpha value is -4.00. The van der Waals surface area contributed by atoms with Crippen molar-refractivity contribution in [1.29, 1.82) is 5.26 Å². The lowest BCUT2D eigenvalue weighted by molar-refractivity contribution is -0.138. The maximum absolute atomic E-state index is 13.9. The number of hydrogen-bond donors (Lipinski definition) is 2. The summed E-state index contributed by atoms with van der Waals surface area (Å²) in [5.74, 6) is 1.11. The minimum atomic E-state index is -4.62. The molecule has 1 saturated heterocycles. The number of rotatable bonds is 7. The van der Waals surface area contributed by atoms with Crippen molar-refractivity contribution >= 4 is 17.2 Å². The number of hydrogen-bond acceptors (Lipinski definition) is 7. The normalized spacial score (nSPS) is 14.3. The fourth-order valence-electron chi connectivity index (χ4n) is 4.46. The summed E-state index contributed by atoms with van der Waals surface area (Å²) in [6.07, 6.45) is -0.228. The number of aromatic nitrogens is 2. The van der Waals surface area contributed by atoms with Gasteiger partial charge in [-0.05, 0) is 68.0 Å². The molecule has 1 aliphatic rings. The number of nitrogens with zero attached hydrogens (tertiary/aromatic N) is 4. The molecule has 2 aromatic heterocycles. The van der Waals surface area contributed by atoms with Crippen molar-refractivity contribution in [3.63, 3.8) is 0 Å². The van der Waals surface area contributed by atoms with E-state index in [1.807, 2.05) is 31.3 Å². The summed E-state index contributed by atoms with van der Waals surface area (Å²) in [6.45, 7) is 3.91. The van der Waals surface area contributed by atoms with Gasteiger partial charge in [0.15, 0.2) is 5.69 Å². The van der Waals surface area contributed by atoms with E-state index in [2.05, 4.69) is 20.2 Å². The van der Waals surface area contributed by atoms with Gasteiger partial charge in [0.2, 0.25) is 0 Å². The standard InChI is InChI=1S/C27H29F3N6O/c1-17-3-6-25(34-16-17)36-10-7-18(8-11-36)9-12-37-24-5-4-19(13-20(24)27(28,29)30)21-14-22(33-2)26(32)23(15-31)35-21/h3-6,13-14,16,18H,7-12,32H2,1-2H3,(H,33,35). The topological polar surface area (TPSA) is 100 Å². The monoisotopic (exact) mass is 510 g/mol. The highest BCUT2D eigenvalue weighted by atomic mass is 19.4. The SMILES string of the molecule is CNc1cc(-c2ccc(OCCC3CCN(c4ccc(C)cn4)CC3)c(C(F)(F)F)c2)nc(C#N)c1N. The first-order valence-corrected chi connectivity index (χ1v) is 12.1. The van der Waals surface area contributed by atoms with Crippen LogP contribution in [-0.2, 0) is 6.18 Å². The maximum Gasteiger partial charge on any atom is 0.419 e. The summed E-state index contributed by atoms with van der Waals surface area (Å²) in [5.41, 5.74) is 7.04. The third-order valence-electron chi connectivity index (χ3n) is 6.63. The molecule has 3 heterocycles. The Morgan fingerprint density at radius 1 is 1.19 bits per heavy atom. The van der Waals surface area contributed by atoms with Crippen molar-refractivity contribution in [3.05, 3.63) is 59.4 Å². The van der Waals surface area contributed by atoms with Crippen LogP contribution in [0.15, 0.2) is 42.6 Å². The number of aryl methyl sites for hydroxylation is 1. The Morgan fingerprint density at radius 3 is 2.57 bits per heavy atom. The van der Waals surface area contributed by atoms with Crippen molar-refractivity contribution in [2.45, 2.75) is 32.4 Å². The number of nitrogen functional groups attached to an aromatic ring is 1. The summed E-state index contributed by atoms with van der Waals surface area (Å²) in [6, 6.07) is 11.3. The van der Waals surface area contributed by atoms with Gasteiger partial charge in [0.25, 0.3) is 0 Å². The van der Waals surface area contributed by atoms with Gasteiger partial charge in [-0.15, -0.1) is 0 Å². The number of alkyl halides is 3. The number of ether oxygens (including phenoxy) is 1. The van der Waals surface area contributed by atoms with Gasteiger partial charge < -0.3 is 20.7 Å². The summed E-state index contributed by atoms with van der Waals surface area (Å²) >= 11 is 0. The molecule has 0 atom stereocenters. The van der Waals surface area contributed by atoms with Crippen LogP contribution in [0.5, 0.6) is 5.75 Å². The van der Waals surface area contributed by atoms with Crippen LogP contribution in [0.1, 0.15) is 36.1 Å². The van der Waals surface area contributed by atoms with Crippen LogP contribution in [0.4, 0.5) is 30.4 Å². The second-order valence-corrected chi connectivity index (χ2v) is 9.15. The van der Waals surface area contributed by atoms with Crippen LogP contribution >= 0.6 is 0 Å². The van der Waals surface area contributed by atoms with Crippen LogP contribution < -0.4 is 20.7 Å². The molecule has 0 unspecified atom stereocenters. The van der Waals surface area contributed by atoms with Gasteiger partial charge in [-0.1, -0.05) is 6.07 Å². The zero-order valence-electron chi connectivity index (χ0n) is 20.8. The summed E-state index contributed by atoms with van der Waals surface area (Å²) < 4.78 is 47.4. The lowest BCUT2D eigenvalue weighted by atomic mass is 9.94. The maximum atomic E-state index is 13.9. The zero-order valence-corrected chi connectivity index (χ0v) is 20.8. The van der Waals surface area contributed by atoms with E-state index in [0.29, 0.717) is 18.0 Å². The van der Waals surface area contributed by atoms with E-state index in [4.69, 9.17) is 10.5 Å². The van der Waals surface area contributed by atoms with Gasteiger partial charge in [-0.25, -0.2) is 9.97 Å². The third-order valence-corrected chi connectivity index (χ3v) is 6.63. The van der Waals surface area contributed by atoms with Crippen LogP contribution in [0.2, 0.25) is 0 Å². The third kappa shape index (κ3) is 6.05. The van der Waals surface area contributed by atoms with Gasteiger partial charge in [-0.2, -0.15) is 18.4 Å². The van der Waals surface area contributed by atoms with E-state index in [9.17, 15) is 18.4 Å². The van der Waals surface area contributed by atoms with Gasteiger partial charge in [0, 0.05) is 31.9 Å². The van der Waals surface area contributed by atoms with Crippen molar-refractivity contribution in [2.75, 3.05) is 42.7 Å². The van der Waals surface area contributed by atoms with Crippen molar-refractivity contribution < 1.29 is 17.9 Å². The Morgan fingerprint density at radius 2 is 1.95 bits per heavy atom. The molecule has 0 aliphatic carbocycles. The van der Waals surface area contributed by atoms with Crippen molar-refractivity contribution in [2.24, 2.45) is 5.92 Å². The molecule has 0 bridgehead atoms. The molecule has 0 amide bonds. The number of nitriles is 1. The largest absolute Gasteiger partial charge is 0.493 e. The van der Waals surface area contributed by atoms with Crippen LogP contribution in [0.3, 0.4) is 0 Å². The number of anilines is 3. The summed E-state index contributed by atoms with van der Waals surface area (Å²) in [5, 5.41) is 12.1. The minimum absolute atomic E-state index is 0.0556. The number of halogens is 3. The van der Waals surface area contributed by atoms with E-state index >= 15 is 0 Å². The molecule has 4 rings (SSSR count). The molecule has 7 nitrogen and oxygen atoms in total. The molecule has 0 radical (unpaired) electrons. The molecule has 194 valence electrons. The average Bonchev–Trinajstić information content (AvgIpc) is 2.89. The molecule has 1 aliphatic heterocycles. The van der Waals surface area contributed by atoms with E-state index in [0.717, 1.165) is 43.4 Å². The molecule has 37 heavy (non-hydrogen) atoms. The van der Waals surface area contributed by atoms with Crippen molar-refractivity contribution in [3.8, 4) is 23.1 Å². The lowest BCUT2D eigenvalue weighted by Crippen LogP contribution is -2.34. The molecule has 1 aromatic carbocycles. The number of benzene rings is 1. The lowest BCUT2D eigenvalue weighted by Gasteiger charge is -2.32. The molecule has 3 N–H and O–H groups in total. The Labute approximate surface area is 214 Å². The molecule has 0 saturated carbocycles. The van der Waals surface area contributed by atoms with Crippen molar-refractivity contribution in [1.82, 2.24) is 9.97 Å². The molecule has 1 fully saturated rings. The molecule has 10 heteroatoms. The molecule has 3 aromatic rings. The van der Waals surface area contributed by atoms with E-state index in [1.54, 1.807) is 7.05 Å². The number of nitrogens with two attached hydrogens (primary N) is 1. The predicted octanol–water partition coefficient (Wildman–Crippen LogP) is 5.65. The number of nitrogens with one attached hydrogen (secondary N) is 1. The molecule has 0 spiro atoms. The summed E-state index contributed by atoms with van der Waals surface area (Å²) in [7, 11) is 1.61. The zero-order chi connectivity index (χ0) is 26.6. The van der Waals surface area contributed by atoms with Gasteiger partial charge >= 0.3 is 6.18 Å². The Balaban J connectivity index is 1.42. The first kappa shape index (κ1) is 26.1. The van der Waals surface area contributed by atoms with Gasteiger partial charge in [-0.3, -0.25) is 0 Å².